The van der Waals surface area contributed by atoms with Crippen molar-refractivity contribution in [3.8, 4) is 0 Å². The second-order valence-electron chi connectivity index (χ2n) is 4.40. The topological polar surface area (TPSA) is 23.6 Å². The second kappa shape index (κ2) is 6.62. The van der Waals surface area contributed by atoms with Gasteiger partial charge in [0.05, 0.1) is 0 Å². The number of aldehydes is 1. The standard InChI is InChI=1S/C13H19ClN2O/c1-15(2)7-4-8-16(3)13-9-12(14)6-5-11(13)10-17/h5-6,9-10H,4,7-8H2,1-3H3. The SMILES string of the molecule is CN(C)CCCN(C)c1cc(Cl)ccc1C=O. The highest BCUT2D eigenvalue weighted by atomic mass is 35.5. The molecule has 0 saturated carbocycles. The number of nitrogens with zero attached hydrogens (tertiary/aromatic N) is 2. The lowest BCUT2D eigenvalue weighted by atomic mass is 10.1. The van der Waals surface area contributed by atoms with Crippen molar-refractivity contribution < 1.29 is 4.79 Å². The number of benzene rings is 1. The van der Waals surface area contributed by atoms with E-state index in [9.17, 15) is 4.79 Å². The molecule has 4 heteroatoms. The predicted molar refractivity (Wildman–Crippen MR) is 73.3 cm³/mol. The highest BCUT2D eigenvalue weighted by Crippen LogP contribution is 2.22. The fourth-order valence-electron chi connectivity index (χ4n) is 1.69. The fraction of sp³-hybridized carbons (Fsp3) is 0.462. The molecule has 0 fully saturated rings. The molecular weight excluding hydrogens is 236 g/mol. The van der Waals surface area contributed by atoms with Crippen LogP contribution in [0.15, 0.2) is 18.2 Å². The van der Waals surface area contributed by atoms with Gasteiger partial charge in [0.25, 0.3) is 0 Å². The zero-order valence-corrected chi connectivity index (χ0v) is 11.4. The molecule has 0 N–H and O–H groups in total. The van der Waals surface area contributed by atoms with Crippen LogP contribution in [-0.2, 0) is 0 Å². The minimum absolute atomic E-state index is 0.657. The molecule has 0 aliphatic carbocycles. The van der Waals surface area contributed by atoms with Crippen molar-refractivity contribution in [1.29, 1.82) is 0 Å². The first-order valence-electron chi connectivity index (χ1n) is 5.65. The Hall–Kier alpha value is -1.06. The van der Waals surface area contributed by atoms with Crippen LogP contribution < -0.4 is 4.90 Å². The summed E-state index contributed by atoms with van der Waals surface area (Å²) in [6.07, 6.45) is 1.92. The van der Waals surface area contributed by atoms with Gasteiger partial charge in [0.1, 0.15) is 0 Å². The molecule has 1 aromatic rings. The molecule has 0 saturated heterocycles. The van der Waals surface area contributed by atoms with E-state index in [2.05, 4.69) is 23.9 Å². The van der Waals surface area contributed by atoms with Crippen LogP contribution in [0.2, 0.25) is 5.02 Å². The van der Waals surface area contributed by atoms with Crippen molar-refractivity contribution in [2.24, 2.45) is 0 Å². The quantitative estimate of drug-likeness (QED) is 0.729. The maximum atomic E-state index is 10.9. The van der Waals surface area contributed by atoms with Crippen molar-refractivity contribution in [2.75, 3.05) is 39.1 Å². The van der Waals surface area contributed by atoms with Gasteiger partial charge in [0.15, 0.2) is 6.29 Å². The van der Waals surface area contributed by atoms with Crippen molar-refractivity contribution in [1.82, 2.24) is 4.90 Å². The zero-order valence-electron chi connectivity index (χ0n) is 10.6. The number of carbonyl (C=O) groups is 1. The third kappa shape index (κ3) is 4.36. The molecule has 0 radical (unpaired) electrons. The molecule has 0 spiro atoms. The molecule has 0 heterocycles. The van der Waals surface area contributed by atoms with E-state index in [1.807, 2.05) is 13.1 Å². The van der Waals surface area contributed by atoms with Crippen LogP contribution in [0.25, 0.3) is 0 Å². The van der Waals surface area contributed by atoms with Gasteiger partial charge in [-0.2, -0.15) is 0 Å². The summed E-state index contributed by atoms with van der Waals surface area (Å²) in [7, 11) is 6.08. The van der Waals surface area contributed by atoms with Gasteiger partial charge in [0, 0.05) is 29.9 Å². The molecule has 94 valence electrons. The summed E-state index contributed by atoms with van der Waals surface area (Å²) in [5.41, 5.74) is 1.58. The molecule has 1 aromatic carbocycles. The van der Waals surface area contributed by atoms with Crippen molar-refractivity contribution in [3.05, 3.63) is 28.8 Å². The number of rotatable bonds is 6. The van der Waals surface area contributed by atoms with Gasteiger partial charge in [-0.1, -0.05) is 11.6 Å². The summed E-state index contributed by atoms with van der Waals surface area (Å²) in [6, 6.07) is 5.33. The van der Waals surface area contributed by atoms with Crippen LogP contribution in [0.3, 0.4) is 0 Å². The van der Waals surface area contributed by atoms with E-state index < -0.39 is 0 Å². The first kappa shape index (κ1) is 14.0. The molecule has 0 aromatic heterocycles. The Morgan fingerprint density at radius 1 is 1.24 bits per heavy atom. The fourth-order valence-corrected chi connectivity index (χ4v) is 1.86. The van der Waals surface area contributed by atoms with Crippen LogP contribution in [0, 0.1) is 0 Å². The maximum Gasteiger partial charge on any atom is 0.152 e. The van der Waals surface area contributed by atoms with E-state index in [0.717, 1.165) is 31.5 Å². The summed E-state index contributed by atoms with van der Waals surface area (Å²) in [6.45, 7) is 1.93. The second-order valence-corrected chi connectivity index (χ2v) is 4.84. The van der Waals surface area contributed by atoms with Gasteiger partial charge in [0.2, 0.25) is 0 Å². The number of carbonyl (C=O) groups excluding carboxylic acids is 1. The molecule has 0 aliphatic heterocycles. The molecular formula is C13H19ClN2O. The Kier molecular flexibility index (Phi) is 5.45. The molecule has 0 aliphatic rings. The Balaban J connectivity index is 2.70. The normalized spacial score (nSPS) is 10.6. The summed E-state index contributed by atoms with van der Waals surface area (Å²) in [5, 5.41) is 0.657. The smallest absolute Gasteiger partial charge is 0.152 e. The van der Waals surface area contributed by atoms with Crippen molar-refractivity contribution in [2.45, 2.75) is 6.42 Å². The molecule has 1 rings (SSSR count). The lowest BCUT2D eigenvalue weighted by Gasteiger charge is -2.22. The maximum absolute atomic E-state index is 10.9. The number of hydrogen-bond acceptors (Lipinski definition) is 3. The molecule has 0 bridgehead atoms. The molecule has 0 amide bonds. The van der Waals surface area contributed by atoms with E-state index in [1.54, 1.807) is 12.1 Å². The lowest BCUT2D eigenvalue weighted by Crippen LogP contribution is -2.24. The summed E-state index contributed by atoms with van der Waals surface area (Å²) >= 11 is 5.95. The molecule has 17 heavy (non-hydrogen) atoms. The van der Waals surface area contributed by atoms with Gasteiger partial charge >= 0.3 is 0 Å². The minimum atomic E-state index is 0.657. The monoisotopic (exact) mass is 254 g/mol. The van der Waals surface area contributed by atoms with Crippen LogP contribution in [0.5, 0.6) is 0 Å². The van der Waals surface area contributed by atoms with Crippen LogP contribution in [0.1, 0.15) is 16.8 Å². The van der Waals surface area contributed by atoms with Gasteiger partial charge < -0.3 is 9.80 Å². The summed E-state index contributed by atoms with van der Waals surface area (Å²) < 4.78 is 0. The van der Waals surface area contributed by atoms with E-state index in [4.69, 9.17) is 11.6 Å². The largest absolute Gasteiger partial charge is 0.374 e. The summed E-state index contributed by atoms with van der Waals surface area (Å²) in [4.78, 5) is 15.2. The minimum Gasteiger partial charge on any atom is -0.374 e. The van der Waals surface area contributed by atoms with Gasteiger partial charge in [-0.05, 0) is 45.3 Å². The highest BCUT2D eigenvalue weighted by Gasteiger charge is 2.07. The lowest BCUT2D eigenvalue weighted by molar-refractivity contribution is 0.112. The van der Waals surface area contributed by atoms with Crippen molar-refractivity contribution in [3.63, 3.8) is 0 Å². The van der Waals surface area contributed by atoms with Gasteiger partial charge in [-0.3, -0.25) is 4.79 Å². The van der Waals surface area contributed by atoms with Gasteiger partial charge in [-0.25, -0.2) is 0 Å². The number of hydrogen-bond donors (Lipinski definition) is 0. The average Bonchev–Trinajstić information content (AvgIpc) is 2.28. The molecule has 3 nitrogen and oxygen atoms in total. The third-order valence-corrected chi connectivity index (χ3v) is 2.86. The highest BCUT2D eigenvalue weighted by molar-refractivity contribution is 6.31. The van der Waals surface area contributed by atoms with Gasteiger partial charge in [-0.15, -0.1) is 0 Å². The third-order valence-electron chi connectivity index (χ3n) is 2.63. The Labute approximate surface area is 108 Å². The first-order valence-corrected chi connectivity index (χ1v) is 6.03. The Morgan fingerprint density at radius 2 is 1.94 bits per heavy atom. The van der Waals surface area contributed by atoms with E-state index in [1.165, 1.54) is 0 Å². The van der Waals surface area contributed by atoms with E-state index >= 15 is 0 Å². The zero-order chi connectivity index (χ0) is 12.8. The van der Waals surface area contributed by atoms with Crippen LogP contribution in [0.4, 0.5) is 5.69 Å². The van der Waals surface area contributed by atoms with Crippen LogP contribution >= 0.6 is 11.6 Å². The van der Waals surface area contributed by atoms with Crippen LogP contribution in [-0.4, -0.2) is 45.4 Å². The molecule has 0 unspecified atom stereocenters. The number of anilines is 1. The number of halogens is 1. The Bertz CT molecular complexity index is 380. The van der Waals surface area contributed by atoms with Crippen molar-refractivity contribution >= 4 is 23.6 Å². The first-order chi connectivity index (χ1) is 8.04. The molecule has 0 atom stereocenters. The average molecular weight is 255 g/mol. The van der Waals surface area contributed by atoms with E-state index in [-0.39, 0.29) is 0 Å². The summed E-state index contributed by atoms with van der Waals surface area (Å²) in [5.74, 6) is 0. The predicted octanol–water partition coefficient (Wildman–Crippen LogP) is 2.54. The Morgan fingerprint density at radius 3 is 2.53 bits per heavy atom. The van der Waals surface area contributed by atoms with E-state index in [0.29, 0.717) is 10.6 Å².